The smallest absolute Gasteiger partial charge is 0.251 e. The van der Waals surface area contributed by atoms with Gasteiger partial charge in [-0.25, -0.2) is 0 Å². The van der Waals surface area contributed by atoms with Crippen molar-refractivity contribution in [2.24, 2.45) is 11.1 Å². The fraction of sp³-hybridized carbons (Fsp3) is 0.750. The molecule has 0 aliphatic carbocycles. The van der Waals surface area contributed by atoms with Crippen LogP contribution in [0, 0.1) is 5.41 Å². The van der Waals surface area contributed by atoms with Crippen LogP contribution >= 0.6 is 0 Å². The minimum Gasteiger partial charge on any atom is -0.379 e. The Balaban J connectivity index is 1.40. The van der Waals surface area contributed by atoms with Gasteiger partial charge in [-0.05, 0) is 6.08 Å². The van der Waals surface area contributed by atoms with Crippen molar-refractivity contribution < 1.29 is 19.1 Å². The third-order valence-corrected chi connectivity index (χ3v) is 7.63. The van der Waals surface area contributed by atoms with Crippen LogP contribution in [0.2, 0.25) is 0 Å². The second-order valence-corrected chi connectivity index (χ2v) is 11.4. The molecule has 4 aliphatic rings. The molecule has 41 heavy (non-hydrogen) atoms. The predicted molar refractivity (Wildman–Crippen MR) is 159 cm³/mol. The molecule has 0 unspecified atom stereocenters. The van der Waals surface area contributed by atoms with Crippen LogP contribution in [-0.2, 0) is 19.1 Å². The van der Waals surface area contributed by atoms with Gasteiger partial charge in [0.2, 0.25) is 5.91 Å². The Hall–Kier alpha value is -2.23. The number of nitrogens with zero attached hydrogens (tertiary/aromatic N) is 1. The van der Waals surface area contributed by atoms with E-state index in [0.717, 1.165) is 58.9 Å². The van der Waals surface area contributed by atoms with Gasteiger partial charge in [-0.1, -0.05) is 6.58 Å². The number of Topliss-reactive ketones (excluding diaryl/α,β-unsaturated/α-hetero) is 1. The van der Waals surface area contributed by atoms with Crippen LogP contribution in [0.1, 0.15) is 19.3 Å². The topological polar surface area (TPSA) is 174 Å². The maximum atomic E-state index is 13.1. The number of nitrogens with two attached hydrogens (primary N) is 1. The average Bonchev–Trinajstić information content (AvgIpc) is 3.26. The van der Waals surface area contributed by atoms with E-state index in [9.17, 15) is 14.4 Å². The van der Waals surface area contributed by atoms with E-state index in [2.05, 4.69) is 43.8 Å². The van der Waals surface area contributed by atoms with Crippen molar-refractivity contribution >= 4 is 17.6 Å². The number of amides is 2. The lowest BCUT2D eigenvalue weighted by molar-refractivity contribution is -0.125. The predicted octanol–water partition coefficient (Wildman–Crippen LogP) is -2.98. The zero-order valence-corrected chi connectivity index (χ0v) is 24.5. The molecule has 2 bridgehead atoms. The summed E-state index contributed by atoms with van der Waals surface area (Å²) in [6, 6.07) is 0. The molecule has 4 aliphatic heterocycles. The minimum atomic E-state index is -0.360. The molecule has 2 amide bonds. The van der Waals surface area contributed by atoms with Crippen LogP contribution in [0.15, 0.2) is 24.4 Å². The highest BCUT2D eigenvalue weighted by Gasteiger charge is 2.32. The molecule has 0 radical (unpaired) electrons. The number of hydrogen-bond acceptors (Lipinski definition) is 11. The number of nitrogens with one attached hydrogen (secondary N) is 7. The quantitative estimate of drug-likeness (QED) is 0.118. The maximum absolute atomic E-state index is 13.1. The number of carbonyl (C=O) groups excluding carboxylic acids is 3. The summed E-state index contributed by atoms with van der Waals surface area (Å²) in [5.41, 5.74) is 6.64. The monoisotopic (exact) mass is 577 g/mol. The van der Waals surface area contributed by atoms with Gasteiger partial charge in [0.15, 0.2) is 0 Å². The molecule has 4 rings (SSSR count). The third kappa shape index (κ3) is 12.3. The van der Waals surface area contributed by atoms with Crippen molar-refractivity contribution in [1.82, 2.24) is 42.1 Å². The average molecular weight is 578 g/mol. The van der Waals surface area contributed by atoms with Gasteiger partial charge in [-0.2, -0.15) is 0 Å². The van der Waals surface area contributed by atoms with Crippen molar-refractivity contribution in [2.75, 3.05) is 105 Å². The number of ether oxygens (including phenoxy) is 1. The standard InChI is InChI=1S/C28H51N9O4/c1-23-2-3-26(40)37(23)13-4-25(39)36-12-15-41-14-5-24(38)16-27-17-30-6-9-33-20-28(29,21-34-10-7-31-18-27)22-35-11-8-32-19-27/h2-3,30-35H,1,4-22,29H2,(H,36,39). The summed E-state index contributed by atoms with van der Waals surface area (Å²) in [7, 11) is 0. The summed E-state index contributed by atoms with van der Waals surface area (Å²) >= 11 is 0. The molecule has 0 atom stereocenters. The van der Waals surface area contributed by atoms with Gasteiger partial charge >= 0.3 is 0 Å². The molecule has 13 nitrogen and oxygen atoms in total. The van der Waals surface area contributed by atoms with Crippen molar-refractivity contribution in [2.45, 2.75) is 24.8 Å². The van der Waals surface area contributed by atoms with E-state index < -0.39 is 0 Å². The second-order valence-electron chi connectivity index (χ2n) is 11.4. The summed E-state index contributed by atoms with van der Waals surface area (Å²) in [6.45, 7) is 14.2. The largest absolute Gasteiger partial charge is 0.379 e. The zero-order valence-electron chi connectivity index (χ0n) is 24.5. The van der Waals surface area contributed by atoms with Gasteiger partial charge in [0.1, 0.15) is 5.78 Å². The summed E-state index contributed by atoms with van der Waals surface area (Å²) in [5.74, 6) is -0.150. The van der Waals surface area contributed by atoms with Crippen LogP contribution in [0.3, 0.4) is 0 Å². The van der Waals surface area contributed by atoms with Crippen LogP contribution < -0.4 is 43.0 Å². The van der Waals surface area contributed by atoms with Crippen molar-refractivity contribution in [1.29, 1.82) is 0 Å². The Morgan fingerprint density at radius 3 is 1.90 bits per heavy atom. The highest BCUT2D eigenvalue weighted by atomic mass is 16.5. The molecule has 0 aromatic heterocycles. The van der Waals surface area contributed by atoms with Gasteiger partial charge in [-0.15, -0.1) is 0 Å². The number of hydrogen-bond donors (Lipinski definition) is 8. The first-order valence-electron chi connectivity index (χ1n) is 14.9. The molecule has 3 saturated heterocycles. The summed E-state index contributed by atoms with van der Waals surface area (Å²) in [5, 5.41) is 24.0. The third-order valence-electron chi connectivity index (χ3n) is 7.63. The molecule has 0 spiro atoms. The Kier molecular flexibility index (Phi) is 14.3. The first-order valence-corrected chi connectivity index (χ1v) is 14.9. The van der Waals surface area contributed by atoms with Gasteiger partial charge in [0, 0.05) is 128 Å². The van der Waals surface area contributed by atoms with Gasteiger partial charge in [-0.3, -0.25) is 14.4 Å². The number of allylic oxidation sites excluding steroid dienone is 1. The molecule has 0 aromatic rings. The van der Waals surface area contributed by atoms with E-state index in [1.807, 2.05) is 0 Å². The summed E-state index contributed by atoms with van der Waals surface area (Å²) in [6.07, 6.45) is 4.05. The van der Waals surface area contributed by atoms with Crippen LogP contribution in [-0.4, -0.2) is 133 Å². The SMILES string of the molecule is C=C1C=CC(=O)N1CCC(=O)NCCOCCC(=O)CC12CNCCNCC(N)(CNCCNC1)CNCCNC2. The van der Waals surface area contributed by atoms with Gasteiger partial charge < -0.3 is 52.6 Å². The molecular weight excluding hydrogens is 526 g/mol. The van der Waals surface area contributed by atoms with E-state index in [0.29, 0.717) is 64.5 Å². The van der Waals surface area contributed by atoms with Gasteiger partial charge in [0.25, 0.3) is 5.91 Å². The summed E-state index contributed by atoms with van der Waals surface area (Å²) in [4.78, 5) is 38.4. The number of carbonyl (C=O) groups is 3. The lowest BCUT2D eigenvalue weighted by Crippen LogP contribution is -2.62. The first-order chi connectivity index (χ1) is 19.8. The Labute approximate surface area is 244 Å². The van der Waals surface area contributed by atoms with Crippen LogP contribution in [0.5, 0.6) is 0 Å². The zero-order chi connectivity index (χ0) is 29.4. The maximum Gasteiger partial charge on any atom is 0.251 e. The first kappa shape index (κ1) is 33.3. The minimum absolute atomic E-state index is 0.152. The van der Waals surface area contributed by atoms with Crippen LogP contribution in [0.25, 0.3) is 0 Å². The molecule has 4 heterocycles. The highest BCUT2D eigenvalue weighted by molar-refractivity contribution is 5.93. The fourth-order valence-electron chi connectivity index (χ4n) is 5.27. The Morgan fingerprint density at radius 2 is 1.39 bits per heavy atom. The number of ketones is 1. The lowest BCUT2D eigenvalue weighted by atomic mass is 9.81. The summed E-state index contributed by atoms with van der Waals surface area (Å²) < 4.78 is 5.65. The molecular formula is C28H51N9O4. The Morgan fingerprint density at radius 1 is 0.854 bits per heavy atom. The van der Waals surface area contributed by atoms with E-state index in [1.54, 1.807) is 6.08 Å². The highest BCUT2D eigenvalue weighted by Crippen LogP contribution is 2.22. The van der Waals surface area contributed by atoms with Gasteiger partial charge in [0.05, 0.1) is 18.8 Å². The van der Waals surface area contributed by atoms with E-state index in [-0.39, 0.29) is 35.0 Å². The normalized spacial score (nSPS) is 27.0. The molecule has 0 saturated carbocycles. The van der Waals surface area contributed by atoms with E-state index in [4.69, 9.17) is 10.5 Å². The number of fused-ring (bicyclic) bond motifs is 15. The Bertz CT molecular complexity index is 836. The second kappa shape index (κ2) is 17.7. The molecule has 0 aromatic carbocycles. The number of rotatable bonds is 11. The van der Waals surface area contributed by atoms with Crippen molar-refractivity contribution in [3.8, 4) is 0 Å². The van der Waals surface area contributed by atoms with Crippen molar-refractivity contribution in [3.05, 3.63) is 24.4 Å². The van der Waals surface area contributed by atoms with Crippen molar-refractivity contribution in [3.63, 3.8) is 0 Å². The van der Waals surface area contributed by atoms with Crippen LogP contribution in [0.4, 0.5) is 0 Å². The molecule has 3 fully saturated rings. The van der Waals surface area contributed by atoms with E-state index in [1.165, 1.54) is 11.0 Å². The van der Waals surface area contributed by atoms with E-state index >= 15 is 0 Å². The fourth-order valence-corrected chi connectivity index (χ4v) is 5.27. The molecule has 9 N–H and O–H groups in total. The molecule has 13 heteroatoms. The molecule has 232 valence electrons. The lowest BCUT2D eigenvalue weighted by Gasteiger charge is -2.36.